The number of nitrogens with one attached hydrogen (secondary N) is 2. The Morgan fingerprint density at radius 1 is 1.43 bits per heavy atom. The quantitative estimate of drug-likeness (QED) is 0.832. The Kier molecular flexibility index (Phi) is 4.50. The summed E-state index contributed by atoms with van der Waals surface area (Å²) in [5.41, 5.74) is 2.86. The standard InChI is InChI=1S/C17H21N3O3/c1-11(12-3-5-13(6-4-12)17(21)22-2)20-16-15-14(7-8-19-16)23-10-9-18-15/h3,5,7-8,11,18H,4,6,9-10H2,1-2H3,(H,19,20)/t11-/m0/s1. The van der Waals surface area contributed by atoms with Gasteiger partial charge in [-0.3, -0.25) is 0 Å². The molecule has 1 aliphatic heterocycles. The zero-order valence-electron chi connectivity index (χ0n) is 13.4. The van der Waals surface area contributed by atoms with E-state index in [0.29, 0.717) is 18.6 Å². The third-order valence-electron chi connectivity index (χ3n) is 4.11. The van der Waals surface area contributed by atoms with Crippen LogP contribution >= 0.6 is 0 Å². The highest BCUT2D eigenvalue weighted by Crippen LogP contribution is 2.34. The monoisotopic (exact) mass is 315 g/mol. The zero-order valence-corrected chi connectivity index (χ0v) is 13.4. The molecule has 0 amide bonds. The van der Waals surface area contributed by atoms with Crippen LogP contribution in [0.3, 0.4) is 0 Å². The molecule has 1 aromatic rings. The minimum absolute atomic E-state index is 0.119. The van der Waals surface area contributed by atoms with E-state index in [1.54, 1.807) is 6.20 Å². The lowest BCUT2D eigenvalue weighted by Crippen LogP contribution is -2.24. The molecule has 2 aliphatic rings. The van der Waals surface area contributed by atoms with Gasteiger partial charge in [-0.15, -0.1) is 0 Å². The molecule has 2 N–H and O–H groups in total. The normalized spacial score (nSPS) is 17.7. The van der Waals surface area contributed by atoms with Crippen LogP contribution < -0.4 is 15.4 Å². The first-order valence-electron chi connectivity index (χ1n) is 7.79. The topological polar surface area (TPSA) is 72.5 Å². The maximum atomic E-state index is 11.5. The van der Waals surface area contributed by atoms with Crippen molar-refractivity contribution in [2.75, 3.05) is 30.9 Å². The fourth-order valence-electron chi connectivity index (χ4n) is 2.79. The first-order valence-corrected chi connectivity index (χ1v) is 7.79. The molecule has 0 aromatic carbocycles. The Morgan fingerprint density at radius 2 is 2.30 bits per heavy atom. The van der Waals surface area contributed by atoms with Crippen molar-refractivity contribution in [3.05, 3.63) is 35.6 Å². The van der Waals surface area contributed by atoms with Crippen molar-refractivity contribution < 1.29 is 14.3 Å². The Hall–Kier alpha value is -2.50. The summed E-state index contributed by atoms with van der Waals surface area (Å²) in [6.07, 6.45) is 7.11. The smallest absolute Gasteiger partial charge is 0.333 e. The van der Waals surface area contributed by atoms with Gasteiger partial charge in [0.05, 0.1) is 7.11 Å². The van der Waals surface area contributed by atoms with Gasteiger partial charge in [0.1, 0.15) is 18.0 Å². The van der Waals surface area contributed by atoms with Gasteiger partial charge in [0.25, 0.3) is 0 Å². The predicted octanol–water partition coefficient (Wildman–Crippen LogP) is 2.51. The zero-order chi connectivity index (χ0) is 16.2. The van der Waals surface area contributed by atoms with Gasteiger partial charge >= 0.3 is 5.97 Å². The molecule has 1 atom stereocenters. The fraction of sp³-hybridized carbons (Fsp3) is 0.412. The van der Waals surface area contributed by atoms with Gasteiger partial charge in [0, 0.05) is 30.4 Å². The lowest BCUT2D eigenvalue weighted by atomic mass is 9.94. The van der Waals surface area contributed by atoms with E-state index >= 15 is 0 Å². The van der Waals surface area contributed by atoms with E-state index in [1.807, 2.05) is 18.2 Å². The van der Waals surface area contributed by atoms with Crippen molar-refractivity contribution in [1.82, 2.24) is 4.98 Å². The molecule has 1 aliphatic carbocycles. The number of aromatic nitrogens is 1. The van der Waals surface area contributed by atoms with Crippen LogP contribution in [0.2, 0.25) is 0 Å². The molecule has 0 saturated heterocycles. The summed E-state index contributed by atoms with van der Waals surface area (Å²) in [6, 6.07) is 1.98. The van der Waals surface area contributed by atoms with E-state index in [-0.39, 0.29) is 12.0 Å². The number of rotatable bonds is 4. The van der Waals surface area contributed by atoms with Gasteiger partial charge in [-0.1, -0.05) is 12.2 Å². The molecule has 2 heterocycles. The molecule has 0 fully saturated rings. The maximum Gasteiger partial charge on any atom is 0.333 e. The molecule has 0 unspecified atom stereocenters. The van der Waals surface area contributed by atoms with Crippen LogP contribution in [0.1, 0.15) is 19.8 Å². The Morgan fingerprint density at radius 3 is 3.04 bits per heavy atom. The van der Waals surface area contributed by atoms with E-state index in [1.165, 1.54) is 12.7 Å². The number of carbonyl (C=O) groups excluding carboxylic acids is 1. The van der Waals surface area contributed by atoms with Crippen molar-refractivity contribution in [2.24, 2.45) is 0 Å². The molecule has 0 spiro atoms. The van der Waals surface area contributed by atoms with Crippen LogP contribution in [0.15, 0.2) is 35.6 Å². The number of hydrogen-bond donors (Lipinski definition) is 2. The molecule has 1 aromatic heterocycles. The van der Waals surface area contributed by atoms with Crippen molar-refractivity contribution in [3.63, 3.8) is 0 Å². The van der Waals surface area contributed by atoms with Crippen molar-refractivity contribution in [3.8, 4) is 5.75 Å². The van der Waals surface area contributed by atoms with E-state index < -0.39 is 0 Å². The van der Waals surface area contributed by atoms with Crippen LogP contribution in [0, 0.1) is 0 Å². The first-order chi connectivity index (χ1) is 11.2. The summed E-state index contributed by atoms with van der Waals surface area (Å²) in [5, 5.41) is 6.76. The summed E-state index contributed by atoms with van der Waals surface area (Å²) in [7, 11) is 1.41. The molecule has 122 valence electrons. The summed E-state index contributed by atoms with van der Waals surface area (Å²) >= 11 is 0. The van der Waals surface area contributed by atoms with Crippen molar-refractivity contribution in [1.29, 1.82) is 0 Å². The number of anilines is 2. The Balaban J connectivity index is 1.73. The minimum Gasteiger partial charge on any atom is -0.489 e. The van der Waals surface area contributed by atoms with Crippen LogP contribution in [0.5, 0.6) is 5.75 Å². The highest BCUT2D eigenvalue weighted by Gasteiger charge is 2.20. The third-order valence-corrected chi connectivity index (χ3v) is 4.11. The number of allylic oxidation sites excluding steroid dienone is 2. The van der Waals surface area contributed by atoms with Crippen molar-refractivity contribution >= 4 is 17.5 Å². The van der Waals surface area contributed by atoms with Gasteiger partial charge in [-0.2, -0.15) is 0 Å². The second kappa shape index (κ2) is 6.73. The molecular formula is C17H21N3O3. The second-order valence-electron chi connectivity index (χ2n) is 5.60. The minimum atomic E-state index is -0.249. The van der Waals surface area contributed by atoms with E-state index in [9.17, 15) is 4.79 Å². The number of nitrogens with zero attached hydrogens (tertiary/aromatic N) is 1. The molecule has 3 rings (SSSR count). The van der Waals surface area contributed by atoms with E-state index in [4.69, 9.17) is 9.47 Å². The highest BCUT2D eigenvalue weighted by atomic mass is 16.5. The first kappa shape index (κ1) is 15.4. The van der Waals surface area contributed by atoms with E-state index in [0.717, 1.165) is 30.2 Å². The highest BCUT2D eigenvalue weighted by molar-refractivity contribution is 5.89. The van der Waals surface area contributed by atoms with Crippen LogP contribution in [0.4, 0.5) is 11.5 Å². The third kappa shape index (κ3) is 3.31. The summed E-state index contributed by atoms with van der Waals surface area (Å²) < 4.78 is 10.4. The number of methoxy groups -OCH3 is 1. The van der Waals surface area contributed by atoms with Crippen LogP contribution in [-0.2, 0) is 9.53 Å². The summed E-state index contributed by atoms with van der Waals surface area (Å²) in [4.78, 5) is 15.9. The number of carbonyl (C=O) groups is 1. The van der Waals surface area contributed by atoms with Crippen molar-refractivity contribution in [2.45, 2.75) is 25.8 Å². The number of hydrogen-bond acceptors (Lipinski definition) is 6. The Bertz CT molecular complexity index is 667. The van der Waals surface area contributed by atoms with Gasteiger partial charge in [-0.25, -0.2) is 9.78 Å². The molecule has 0 radical (unpaired) electrons. The predicted molar refractivity (Wildman–Crippen MR) is 88.7 cm³/mol. The molecule has 6 heteroatoms. The second-order valence-corrected chi connectivity index (χ2v) is 5.60. The molecule has 0 saturated carbocycles. The number of ether oxygens (including phenoxy) is 2. The number of pyridine rings is 1. The summed E-state index contributed by atoms with van der Waals surface area (Å²) in [6.45, 7) is 3.53. The SMILES string of the molecule is COC(=O)C1=CC=C([C@H](C)Nc2nccc3c2NCCO3)CC1. The molecule has 0 bridgehead atoms. The fourth-order valence-corrected chi connectivity index (χ4v) is 2.79. The lowest BCUT2D eigenvalue weighted by Gasteiger charge is -2.25. The van der Waals surface area contributed by atoms with Crippen LogP contribution in [0.25, 0.3) is 0 Å². The van der Waals surface area contributed by atoms with Crippen LogP contribution in [-0.4, -0.2) is 37.3 Å². The lowest BCUT2D eigenvalue weighted by molar-refractivity contribution is -0.136. The summed E-state index contributed by atoms with van der Waals surface area (Å²) in [5.74, 6) is 1.37. The molecule has 23 heavy (non-hydrogen) atoms. The number of fused-ring (bicyclic) bond motifs is 1. The van der Waals surface area contributed by atoms with Gasteiger partial charge in [-0.05, 0) is 25.3 Å². The van der Waals surface area contributed by atoms with Gasteiger partial charge in [0.2, 0.25) is 0 Å². The molecule has 6 nitrogen and oxygen atoms in total. The van der Waals surface area contributed by atoms with Gasteiger partial charge < -0.3 is 20.1 Å². The molecular weight excluding hydrogens is 294 g/mol. The number of esters is 1. The van der Waals surface area contributed by atoms with E-state index in [2.05, 4.69) is 22.5 Å². The van der Waals surface area contributed by atoms with Gasteiger partial charge in [0.15, 0.2) is 5.82 Å². The maximum absolute atomic E-state index is 11.5. The largest absolute Gasteiger partial charge is 0.489 e. The average molecular weight is 315 g/mol. The average Bonchev–Trinajstić information content (AvgIpc) is 2.61. The Labute approximate surface area is 135 Å².